The summed E-state index contributed by atoms with van der Waals surface area (Å²) >= 11 is 0. The van der Waals surface area contributed by atoms with E-state index in [2.05, 4.69) is 0 Å². The summed E-state index contributed by atoms with van der Waals surface area (Å²) in [5.74, 6) is 11.3. The third kappa shape index (κ3) is 1.14. The highest BCUT2D eigenvalue weighted by molar-refractivity contribution is 4.86. The molecule has 90 valence electrons. The summed E-state index contributed by atoms with van der Waals surface area (Å²) in [6.45, 7) is 0.536. The molecule has 0 aliphatic carbocycles. The Balaban J connectivity index is 1.69. The first-order valence-corrected chi connectivity index (χ1v) is 4.95. The summed E-state index contributed by atoms with van der Waals surface area (Å²) in [6, 6.07) is 0. The van der Waals surface area contributed by atoms with Gasteiger partial charge in [-0.15, -0.1) is 29.0 Å². The van der Waals surface area contributed by atoms with Crippen LogP contribution in [0.15, 0.2) is 0 Å². The molecule has 0 aromatic rings. The van der Waals surface area contributed by atoms with Crippen molar-refractivity contribution in [3.63, 3.8) is 0 Å². The summed E-state index contributed by atoms with van der Waals surface area (Å²) < 4.78 is 0. The molecular formula is C6H12N4O6+2. The van der Waals surface area contributed by atoms with Crippen LogP contribution in [-0.2, 0) is 29.0 Å². The number of quaternary nitrogens is 2. The van der Waals surface area contributed by atoms with Gasteiger partial charge in [0.05, 0.1) is 0 Å². The number of fused-ring (bicyclic) bond motifs is 7. The van der Waals surface area contributed by atoms with Gasteiger partial charge >= 0.3 is 0 Å². The van der Waals surface area contributed by atoms with Crippen LogP contribution in [-0.4, -0.2) is 47.8 Å². The van der Waals surface area contributed by atoms with Crippen molar-refractivity contribution < 1.29 is 39.2 Å². The highest BCUT2D eigenvalue weighted by Crippen LogP contribution is 2.40. The zero-order valence-corrected chi connectivity index (χ0v) is 8.22. The predicted molar refractivity (Wildman–Crippen MR) is 40.3 cm³/mol. The fourth-order valence-electron chi connectivity index (χ4n) is 2.29. The second-order valence-corrected chi connectivity index (χ2v) is 4.10. The summed E-state index contributed by atoms with van der Waals surface area (Å²) in [5.41, 5.74) is 0. The highest BCUT2D eigenvalue weighted by atomic mass is 17.3. The van der Waals surface area contributed by atoms with E-state index in [-0.39, 0.29) is 25.4 Å². The van der Waals surface area contributed by atoms with Crippen molar-refractivity contribution in [2.45, 2.75) is 24.4 Å². The van der Waals surface area contributed by atoms with Gasteiger partial charge in [-0.05, 0) is 0 Å². The molecule has 4 heterocycles. The van der Waals surface area contributed by atoms with Gasteiger partial charge in [0.2, 0.25) is 0 Å². The van der Waals surface area contributed by atoms with E-state index in [4.69, 9.17) is 40.7 Å². The Morgan fingerprint density at radius 2 is 1.19 bits per heavy atom. The van der Waals surface area contributed by atoms with E-state index >= 15 is 0 Å². The maximum Gasteiger partial charge on any atom is 0.198 e. The molecular weight excluding hydrogens is 224 g/mol. The maximum atomic E-state index is 5.65. The lowest BCUT2D eigenvalue weighted by molar-refractivity contribution is -1.39. The Kier molecular flexibility index (Phi) is 1.62. The van der Waals surface area contributed by atoms with Gasteiger partial charge in [0, 0.05) is 0 Å². The van der Waals surface area contributed by atoms with Crippen LogP contribution in [0, 0.1) is 0 Å². The van der Waals surface area contributed by atoms with E-state index in [0.29, 0.717) is 0 Å². The van der Waals surface area contributed by atoms with Crippen molar-refractivity contribution in [1.29, 1.82) is 0 Å². The molecule has 6 unspecified atom stereocenters. The molecule has 10 nitrogen and oxygen atoms in total. The Morgan fingerprint density at radius 3 is 1.62 bits per heavy atom. The molecule has 4 aliphatic heterocycles. The average Bonchev–Trinajstić information content (AvgIpc) is 2.71. The smallest absolute Gasteiger partial charge is 0.107 e. The Labute approximate surface area is 89.5 Å². The summed E-state index contributed by atoms with van der Waals surface area (Å²) in [4.78, 5) is 31.7. The van der Waals surface area contributed by atoms with Crippen molar-refractivity contribution in [2.24, 2.45) is 11.7 Å². The molecule has 0 saturated carbocycles. The maximum absolute atomic E-state index is 5.65. The Hall–Kier alpha value is -0.400. The highest BCUT2D eigenvalue weighted by Gasteiger charge is 2.70. The number of nitrogens with zero attached hydrogens (tertiary/aromatic N) is 2. The molecule has 4 aliphatic rings. The quantitative estimate of drug-likeness (QED) is 0.350. The first-order chi connectivity index (χ1) is 7.57. The lowest BCUT2D eigenvalue weighted by Gasteiger charge is -2.37. The SMILES string of the molecule is N[N+]12OCC(O1)C1O[N+]3(N)OCC(O3)C1O2. The van der Waals surface area contributed by atoms with Gasteiger partial charge in [0.15, 0.2) is 47.8 Å². The van der Waals surface area contributed by atoms with Gasteiger partial charge < -0.3 is 0 Å². The predicted octanol–water partition coefficient (Wildman–Crippen LogP) is -2.51. The molecule has 16 heavy (non-hydrogen) atoms. The third-order valence-corrected chi connectivity index (χ3v) is 3.00. The first kappa shape index (κ1) is 9.61. The Bertz CT molecular complexity index is 313. The molecule has 4 bridgehead atoms. The number of hydrogen-bond donors (Lipinski definition) is 2. The molecule has 0 aromatic heterocycles. The molecule has 0 aromatic carbocycles. The van der Waals surface area contributed by atoms with E-state index in [9.17, 15) is 0 Å². The molecule has 0 spiro atoms. The van der Waals surface area contributed by atoms with Gasteiger partial charge in [-0.2, -0.15) is 0 Å². The second kappa shape index (κ2) is 2.70. The van der Waals surface area contributed by atoms with Crippen LogP contribution in [0.2, 0.25) is 0 Å². The van der Waals surface area contributed by atoms with E-state index < -0.39 is 22.4 Å². The van der Waals surface area contributed by atoms with Crippen molar-refractivity contribution >= 4 is 0 Å². The van der Waals surface area contributed by atoms with E-state index in [1.165, 1.54) is 0 Å². The zero-order chi connectivity index (χ0) is 11.0. The van der Waals surface area contributed by atoms with Crippen LogP contribution in [0.1, 0.15) is 0 Å². The fraction of sp³-hybridized carbons (Fsp3) is 1.00. The van der Waals surface area contributed by atoms with Crippen LogP contribution in [0.5, 0.6) is 0 Å². The molecule has 4 rings (SSSR count). The number of nitrogens with two attached hydrogens (primary N) is 2. The summed E-state index contributed by atoms with van der Waals surface area (Å²) in [7, 11) is 0. The molecule has 6 atom stereocenters. The van der Waals surface area contributed by atoms with Crippen LogP contribution >= 0.6 is 0 Å². The molecule has 0 radical (unpaired) electrons. The fourth-order valence-corrected chi connectivity index (χ4v) is 2.29. The largest absolute Gasteiger partial charge is 0.198 e. The van der Waals surface area contributed by atoms with Gasteiger partial charge in [-0.3, -0.25) is 0 Å². The minimum Gasteiger partial charge on any atom is -0.107 e. The van der Waals surface area contributed by atoms with Crippen molar-refractivity contribution in [3.8, 4) is 0 Å². The molecule has 4 fully saturated rings. The molecule has 0 amide bonds. The standard InChI is InChI=1S/C6H12N4O6/c7-9-11-1-3(13-9)5-6(16-9)4-2-12-10(8,14-4)15-5/h3-6H,1-2,7-8H2/q+2. The minimum absolute atomic E-state index is 0.268. The average molecular weight is 236 g/mol. The molecule has 4 N–H and O–H groups in total. The van der Waals surface area contributed by atoms with Gasteiger partial charge in [0.1, 0.15) is 0 Å². The first-order valence-electron chi connectivity index (χ1n) is 4.95. The van der Waals surface area contributed by atoms with Crippen LogP contribution < -0.4 is 11.7 Å². The zero-order valence-electron chi connectivity index (χ0n) is 8.22. The normalized spacial score (nSPS) is 63.4. The van der Waals surface area contributed by atoms with Gasteiger partial charge in [0.25, 0.3) is 0 Å². The van der Waals surface area contributed by atoms with Gasteiger partial charge in [-0.1, -0.05) is 11.7 Å². The Morgan fingerprint density at radius 1 is 0.750 bits per heavy atom. The lowest BCUT2D eigenvalue weighted by Crippen LogP contribution is -2.69. The second-order valence-electron chi connectivity index (χ2n) is 4.10. The third-order valence-electron chi connectivity index (χ3n) is 3.00. The summed E-state index contributed by atoms with van der Waals surface area (Å²) in [6.07, 6.45) is -1.55. The van der Waals surface area contributed by atoms with E-state index in [0.717, 1.165) is 0 Å². The number of rotatable bonds is 0. The topological polar surface area (TPSA) is 107 Å². The molecule has 10 heteroatoms. The van der Waals surface area contributed by atoms with Crippen LogP contribution in [0.3, 0.4) is 0 Å². The summed E-state index contributed by atoms with van der Waals surface area (Å²) in [5, 5.41) is -1.67. The number of hydrogen-bond acceptors (Lipinski definition) is 8. The van der Waals surface area contributed by atoms with E-state index in [1.54, 1.807) is 0 Å². The van der Waals surface area contributed by atoms with E-state index in [1.807, 2.05) is 0 Å². The molecule has 4 saturated heterocycles. The van der Waals surface area contributed by atoms with Crippen molar-refractivity contribution in [1.82, 2.24) is 0 Å². The minimum atomic E-state index is -0.834. The van der Waals surface area contributed by atoms with Crippen molar-refractivity contribution in [2.75, 3.05) is 13.2 Å². The monoisotopic (exact) mass is 236 g/mol. The van der Waals surface area contributed by atoms with Gasteiger partial charge in [-0.25, -0.2) is 0 Å². The van der Waals surface area contributed by atoms with Crippen LogP contribution in [0.25, 0.3) is 0 Å². The van der Waals surface area contributed by atoms with Crippen LogP contribution in [0.4, 0.5) is 0 Å². The lowest BCUT2D eigenvalue weighted by atomic mass is 10.0. The van der Waals surface area contributed by atoms with Crippen molar-refractivity contribution in [3.05, 3.63) is 0 Å².